The monoisotopic (exact) mass is 216 g/mol. The van der Waals surface area contributed by atoms with E-state index in [0.717, 1.165) is 6.54 Å². The van der Waals surface area contributed by atoms with Crippen molar-refractivity contribution in [1.82, 2.24) is 20.1 Å². The largest absolute Gasteiger partial charge is 0.305 e. The van der Waals surface area contributed by atoms with Crippen LogP contribution in [0.4, 0.5) is 0 Å². The Morgan fingerprint density at radius 3 is 2.88 bits per heavy atom. The number of pyridine rings is 1. The van der Waals surface area contributed by atoms with Crippen LogP contribution in [-0.2, 0) is 13.6 Å². The van der Waals surface area contributed by atoms with Gasteiger partial charge in [-0.15, -0.1) is 0 Å². The highest BCUT2D eigenvalue weighted by molar-refractivity contribution is 5.13. The van der Waals surface area contributed by atoms with Crippen LogP contribution >= 0.6 is 0 Å². The first-order valence-electron chi connectivity index (χ1n) is 5.37. The minimum absolute atomic E-state index is 0.295. The molecule has 84 valence electrons. The van der Waals surface area contributed by atoms with Crippen molar-refractivity contribution < 1.29 is 0 Å². The molecule has 2 rings (SSSR count). The van der Waals surface area contributed by atoms with Gasteiger partial charge in [0.1, 0.15) is 0 Å². The summed E-state index contributed by atoms with van der Waals surface area (Å²) in [7, 11) is 1.95. The van der Waals surface area contributed by atoms with E-state index in [2.05, 4.69) is 28.4 Å². The molecule has 16 heavy (non-hydrogen) atoms. The van der Waals surface area contributed by atoms with E-state index < -0.39 is 0 Å². The second-order valence-corrected chi connectivity index (χ2v) is 3.84. The maximum absolute atomic E-state index is 4.13. The lowest BCUT2D eigenvalue weighted by Gasteiger charge is -2.13. The van der Waals surface area contributed by atoms with Crippen molar-refractivity contribution in [1.29, 1.82) is 0 Å². The van der Waals surface area contributed by atoms with Gasteiger partial charge in [0.25, 0.3) is 0 Å². The average Bonchev–Trinajstić information content (AvgIpc) is 2.73. The minimum Gasteiger partial charge on any atom is -0.305 e. The third-order valence-corrected chi connectivity index (χ3v) is 2.70. The van der Waals surface area contributed by atoms with Crippen molar-refractivity contribution in [2.75, 3.05) is 0 Å². The predicted molar refractivity (Wildman–Crippen MR) is 62.7 cm³/mol. The first-order chi connectivity index (χ1) is 7.77. The summed E-state index contributed by atoms with van der Waals surface area (Å²) in [6.07, 6.45) is 5.49. The zero-order valence-electron chi connectivity index (χ0n) is 9.59. The van der Waals surface area contributed by atoms with Crippen LogP contribution in [0.1, 0.15) is 24.2 Å². The molecule has 1 atom stereocenters. The summed E-state index contributed by atoms with van der Waals surface area (Å²) in [5.74, 6) is 0. The van der Waals surface area contributed by atoms with Gasteiger partial charge in [0.05, 0.1) is 5.69 Å². The molecule has 0 spiro atoms. The van der Waals surface area contributed by atoms with E-state index in [0.29, 0.717) is 6.04 Å². The van der Waals surface area contributed by atoms with Crippen molar-refractivity contribution in [3.63, 3.8) is 0 Å². The minimum atomic E-state index is 0.295. The van der Waals surface area contributed by atoms with Gasteiger partial charge in [-0.1, -0.05) is 6.07 Å². The molecule has 0 fully saturated rings. The number of aromatic nitrogens is 3. The second-order valence-electron chi connectivity index (χ2n) is 3.84. The summed E-state index contributed by atoms with van der Waals surface area (Å²) in [5, 5.41) is 7.57. The highest BCUT2D eigenvalue weighted by Gasteiger charge is 2.05. The molecule has 0 aliphatic carbocycles. The van der Waals surface area contributed by atoms with Gasteiger partial charge in [0.15, 0.2) is 0 Å². The maximum Gasteiger partial charge on any atom is 0.0518 e. The van der Waals surface area contributed by atoms with Gasteiger partial charge in [-0.25, -0.2) is 0 Å². The lowest BCUT2D eigenvalue weighted by atomic mass is 10.1. The maximum atomic E-state index is 4.13. The Bertz CT molecular complexity index is 435. The Morgan fingerprint density at radius 1 is 1.38 bits per heavy atom. The summed E-state index contributed by atoms with van der Waals surface area (Å²) >= 11 is 0. The van der Waals surface area contributed by atoms with E-state index in [1.165, 1.54) is 11.3 Å². The molecule has 4 heteroatoms. The Kier molecular flexibility index (Phi) is 3.31. The standard InChI is InChI=1S/C12H16N4/c1-10(11-4-3-6-13-8-11)14-9-12-5-7-15-16(12)2/h3-8,10,14H,9H2,1-2H3/t10-/m0/s1. The van der Waals surface area contributed by atoms with Gasteiger partial charge in [0, 0.05) is 38.2 Å². The molecule has 0 saturated heterocycles. The quantitative estimate of drug-likeness (QED) is 0.845. The summed E-state index contributed by atoms with van der Waals surface area (Å²) in [6.45, 7) is 2.94. The first-order valence-corrected chi connectivity index (χ1v) is 5.37. The van der Waals surface area contributed by atoms with Crippen LogP contribution in [0.15, 0.2) is 36.8 Å². The van der Waals surface area contributed by atoms with Crippen LogP contribution in [0, 0.1) is 0 Å². The Hall–Kier alpha value is -1.68. The number of rotatable bonds is 4. The molecule has 2 aromatic rings. The summed E-state index contributed by atoms with van der Waals surface area (Å²) in [5.41, 5.74) is 2.38. The van der Waals surface area contributed by atoms with Crippen LogP contribution in [0.5, 0.6) is 0 Å². The highest BCUT2D eigenvalue weighted by atomic mass is 15.3. The van der Waals surface area contributed by atoms with Gasteiger partial charge in [0.2, 0.25) is 0 Å². The van der Waals surface area contributed by atoms with Crippen molar-refractivity contribution in [2.45, 2.75) is 19.5 Å². The molecular formula is C12H16N4. The van der Waals surface area contributed by atoms with E-state index in [-0.39, 0.29) is 0 Å². The molecule has 0 aliphatic rings. The molecule has 0 aliphatic heterocycles. The van der Waals surface area contributed by atoms with E-state index in [4.69, 9.17) is 0 Å². The van der Waals surface area contributed by atoms with Crippen molar-refractivity contribution >= 4 is 0 Å². The SMILES string of the molecule is C[C@H](NCc1ccnn1C)c1cccnc1. The van der Waals surface area contributed by atoms with E-state index >= 15 is 0 Å². The van der Waals surface area contributed by atoms with Crippen LogP contribution in [0.2, 0.25) is 0 Å². The second kappa shape index (κ2) is 4.90. The average molecular weight is 216 g/mol. The molecule has 0 amide bonds. The number of aryl methyl sites for hydroxylation is 1. The van der Waals surface area contributed by atoms with E-state index in [1.54, 1.807) is 6.20 Å². The van der Waals surface area contributed by atoms with Gasteiger partial charge < -0.3 is 5.32 Å². The fourth-order valence-electron chi connectivity index (χ4n) is 1.58. The summed E-state index contributed by atoms with van der Waals surface area (Å²) < 4.78 is 1.88. The van der Waals surface area contributed by atoms with Crippen molar-refractivity contribution in [3.05, 3.63) is 48.0 Å². The van der Waals surface area contributed by atoms with E-state index in [1.807, 2.05) is 36.3 Å². The fraction of sp³-hybridized carbons (Fsp3) is 0.333. The summed E-state index contributed by atoms with van der Waals surface area (Å²) in [6, 6.07) is 6.35. The molecule has 0 unspecified atom stereocenters. The fourth-order valence-corrected chi connectivity index (χ4v) is 1.58. The zero-order chi connectivity index (χ0) is 11.4. The lowest BCUT2D eigenvalue weighted by molar-refractivity contribution is 0.547. The van der Waals surface area contributed by atoms with Gasteiger partial charge in [-0.3, -0.25) is 9.67 Å². The number of nitrogens with one attached hydrogen (secondary N) is 1. The van der Waals surface area contributed by atoms with Crippen molar-refractivity contribution in [2.24, 2.45) is 7.05 Å². The van der Waals surface area contributed by atoms with Gasteiger partial charge in [-0.05, 0) is 24.6 Å². The van der Waals surface area contributed by atoms with Crippen LogP contribution in [-0.4, -0.2) is 14.8 Å². The van der Waals surface area contributed by atoms with Crippen molar-refractivity contribution in [3.8, 4) is 0 Å². The molecule has 0 radical (unpaired) electrons. The smallest absolute Gasteiger partial charge is 0.0518 e. The molecule has 0 bridgehead atoms. The molecule has 0 saturated carbocycles. The van der Waals surface area contributed by atoms with Crippen LogP contribution in [0.25, 0.3) is 0 Å². The topological polar surface area (TPSA) is 42.7 Å². The first kappa shape index (κ1) is 10.8. The number of hydrogen-bond donors (Lipinski definition) is 1. The lowest BCUT2D eigenvalue weighted by Crippen LogP contribution is -2.19. The Balaban J connectivity index is 1.94. The predicted octanol–water partition coefficient (Wildman–Crippen LogP) is 1.67. The number of nitrogens with zero attached hydrogens (tertiary/aromatic N) is 3. The summed E-state index contributed by atoms with van der Waals surface area (Å²) in [4.78, 5) is 4.11. The third kappa shape index (κ3) is 2.46. The van der Waals surface area contributed by atoms with Gasteiger partial charge in [-0.2, -0.15) is 5.10 Å². The van der Waals surface area contributed by atoms with Gasteiger partial charge >= 0.3 is 0 Å². The molecule has 0 aromatic carbocycles. The number of hydrogen-bond acceptors (Lipinski definition) is 3. The molecule has 4 nitrogen and oxygen atoms in total. The molecule has 1 N–H and O–H groups in total. The Morgan fingerprint density at radius 2 is 2.25 bits per heavy atom. The Labute approximate surface area is 95.3 Å². The zero-order valence-corrected chi connectivity index (χ0v) is 9.59. The van der Waals surface area contributed by atoms with Crippen LogP contribution < -0.4 is 5.32 Å². The molecule has 2 aromatic heterocycles. The normalized spacial score (nSPS) is 12.6. The molecular weight excluding hydrogens is 200 g/mol. The van der Waals surface area contributed by atoms with E-state index in [9.17, 15) is 0 Å². The third-order valence-electron chi connectivity index (χ3n) is 2.70. The molecule has 2 heterocycles. The van der Waals surface area contributed by atoms with Crippen LogP contribution in [0.3, 0.4) is 0 Å². The highest BCUT2D eigenvalue weighted by Crippen LogP contribution is 2.10.